The van der Waals surface area contributed by atoms with Crippen LogP contribution >= 0.6 is 11.6 Å². The molecule has 0 amide bonds. The van der Waals surface area contributed by atoms with Crippen molar-refractivity contribution in [2.45, 2.75) is 38.6 Å². The summed E-state index contributed by atoms with van der Waals surface area (Å²) < 4.78 is 1.86. The number of nitrogens with two attached hydrogens (primary N) is 1. The van der Waals surface area contributed by atoms with Crippen molar-refractivity contribution in [2.24, 2.45) is 5.92 Å². The summed E-state index contributed by atoms with van der Waals surface area (Å²) in [6, 6.07) is 5.50. The van der Waals surface area contributed by atoms with E-state index in [1.807, 2.05) is 16.8 Å². The molecule has 0 spiro atoms. The highest BCUT2D eigenvalue weighted by molar-refractivity contribution is 6.33. The van der Waals surface area contributed by atoms with Crippen LogP contribution in [0.3, 0.4) is 0 Å². The number of anilines is 1. The molecule has 1 aliphatic carbocycles. The average molecular weight is 292 g/mol. The van der Waals surface area contributed by atoms with Crippen molar-refractivity contribution in [1.82, 2.24) is 20.2 Å². The Bertz CT molecular complexity index is 589. The molecular weight excluding hydrogens is 274 g/mol. The third-order valence-corrected chi connectivity index (χ3v) is 4.35. The zero-order valence-corrected chi connectivity index (χ0v) is 12.1. The van der Waals surface area contributed by atoms with Gasteiger partial charge < -0.3 is 5.73 Å². The predicted molar refractivity (Wildman–Crippen MR) is 79.3 cm³/mol. The van der Waals surface area contributed by atoms with Crippen molar-refractivity contribution in [3.63, 3.8) is 0 Å². The van der Waals surface area contributed by atoms with Crippen molar-refractivity contribution in [2.75, 3.05) is 5.73 Å². The fourth-order valence-electron chi connectivity index (χ4n) is 2.85. The third-order valence-electron chi connectivity index (χ3n) is 4.01. The van der Waals surface area contributed by atoms with E-state index in [2.05, 4.69) is 15.5 Å². The number of aryl methyl sites for hydroxylation is 1. The molecule has 0 unspecified atom stereocenters. The van der Waals surface area contributed by atoms with E-state index >= 15 is 0 Å². The standard InChI is InChI=1S/C14H18ClN5/c15-12-6-5-11(9-13(12)16)14-17-18-19-20(14)8-7-10-3-1-2-4-10/h5-6,9-10H,1-4,7-8,16H2. The molecular formula is C14H18ClN5. The predicted octanol–water partition coefficient (Wildman–Crippen LogP) is 3.16. The Labute approximate surface area is 123 Å². The van der Waals surface area contributed by atoms with E-state index in [0.29, 0.717) is 10.7 Å². The summed E-state index contributed by atoms with van der Waals surface area (Å²) in [7, 11) is 0. The van der Waals surface area contributed by atoms with E-state index in [1.54, 1.807) is 6.07 Å². The van der Waals surface area contributed by atoms with Crippen molar-refractivity contribution < 1.29 is 0 Å². The fourth-order valence-corrected chi connectivity index (χ4v) is 2.97. The molecule has 0 saturated heterocycles. The Hall–Kier alpha value is -1.62. The third kappa shape index (κ3) is 2.77. The van der Waals surface area contributed by atoms with Gasteiger partial charge in [0, 0.05) is 12.1 Å². The molecule has 0 atom stereocenters. The molecule has 1 aliphatic rings. The monoisotopic (exact) mass is 291 g/mol. The molecule has 1 aromatic carbocycles. The van der Waals surface area contributed by atoms with Crippen molar-refractivity contribution in [3.05, 3.63) is 23.2 Å². The van der Waals surface area contributed by atoms with Crippen molar-refractivity contribution in [1.29, 1.82) is 0 Å². The Balaban J connectivity index is 1.76. The number of hydrogen-bond donors (Lipinski definition) is 1. The molecule has 1 saturated carbocycles. The van der Waals surface area contributed by atoms with Crippen LogP contribution in [0.15, 0.2) is 18.2 Å². The first-order chi connectivity index (χ1) is 9.74. The zero-order valence-electron chi connectivity index (χ0n) is 11.3. The van der Waals surface area contributed by atoms with Gasteiger partial charge in [0.25, 0.3) is 0 Å². The first-order valence-electron chi connectivity index (χ1n) is 7.05. The lowest BCUT2D eigenvalue weighted by Gasteiger charge is -2.10. The lowest BCUT2D eigenvalue weighted by atomic mass is 10.0. The molecule has 106 valence electrons. The van der Waals surface area contributed by atoms with Gasteiger partial charge in [0.15, 0.2) is 5.82 Å². The number of nitrogens with zero attached hydrogens (tertiary/aromatic N) is 4. The van der Waals surface area contributed by atoms with Crippen LogP contribution in [0.2, 0.25) is 5.02 Å². The van der Waals surface area contributed by atoms with Crippen LogP contribution in [-0.4, -0.2) is 20.2 Å². The molecule has 0 aliphatic heterocycles. The van der Waals surface area contributed by atoms with Gasteiger partial charge >= 0.3 is 0 Å². The summed E-state index contributed by atoms with van der Waals surface area (Å²) >= 11 is 5.95. The van der Waals surface area contributed by atoms with Gasteiger partial charge in [-0.05, 0) is 41.0 Å². The van der Waals surface area contributed by atoms with E-state index in [1.165, 1.54) is 25.7 Å². The molecule has 1 heterocycles. The highest BCUT2D eigenvalue weighted by Gasteiger charge is 2.16. The number of benzene rings is 1. The number of aromatic nitrogens is 4. The minimum absolute atomic E-state index is 0.550. The van der Waals surface area contributed by atoms with Crippen LogP contribution in [0.25, 0.3) is 11.4 Å². The SMILES string of the molecule is Nc1cc(-c2nnnn2CCC2CCCC2)ccc1Cl. The minimum atomic E-state index is 0.550. The number of halogens is 1. The summed E-state index contributed by atoms with van der Waals surface area (Å²) in [5.74, 6) is 1.58. The smallest absolute Gasteiger partial charge is 0.182 e. The molecule has 3 rings (SSSR count). The second-order valence-corrected chi connectivity index (χ2v) is 5.81. The van der Waals surface area contributed by atoms with Crippen LogP contribution in [0, 0.1) is 5.92 Å². The van der Waals surface area contributed by atoms with Gasteiger partial charge in [0.05, 0.1) is 10.7 Å². The van der Waals surface area contributed by atoms with Gasteiger partial charge in [-0.1, -0.05) is 37.3 Å². The van der Waals surface area contributed by atoms with Crippen molar-refractivity contribution in [3.8, 4) is 11.4 Å². The first kappa shape index (κ1) is 13.4. The van der Waals surface area contributed by atoms with E-state index < -0.39 is 0 Å². The van der Waals surface area contributed by atoms with Crippen LogP contribution in [-0.2, 0) is 6.54 Å². The van der Waals surface area contributed by atoms with E-state index in [4.69, 9.17) is 17.3 Å². The topological polar surface area (TPSA) is 69.6 Å². The van der Waals surface area contributed by atoms with Gasteiger partial charge in [-0.2, -0.15) is 0 Å². The second-order valence-electron chi connectivity index (χ2n) is 5.40. The number of tetrazole rings is 1. The second kappa shape index (κ2) is 5.79. The average Bonchev–Trinajstić information content (AvgIpc) is 3.10. The normalized spacial score (nSPS) is 15.8. The molecule has 2 aromatic rings. The maximum absolute atomic E-state index is 5.95. The van der Waals surface area contributed by atoms with Gasteiger partial charge in [0.2, 0.25) is 0 Å². The summed E-state index contributed by atoms with van der Waals surface area (Å²) in [4.78, 5) is 0. The summed E-state index contributed by atoms with van der Waals surface area (Å²) in [6.45, 7) is 0.857. The maximum Gasteiger partial charge on any atom is 0.182 e. The van der Waals surface area contributed by atoms with Gasteiger partial charge in [0.1, 0.15) is 0 Å². The molecule has 20 heavy (non-hydrogen) atoms. The van der Waals surface area contributed by atoms with Crippen LogP contribution < -0.4 is 5.73 Å². The number of rotatable bonds is 4. The molecule has 0 radical (unpaired) electrons. The Morgan fingerprint density at radius 3 is 2.85 bits per heavy atom. The van der Waals surface area contributed by atoms with Gasteiger partial charge in [-0.15, -0.1) is 5.10 Å². The Morgan fingerprint density at radius 1 is 1.30 bits per heavy atom. The summed E-state index contributed by atoms with van der Waals surface area (Å²) in [5.41, 5.74) is 7.30. The Morgan fingerprint density at radius 2 is 2.10 bits per heavy atom. The number of hydrogen-bond acceptors (Lipinski definition) is 4. The Kier molecular flexibility index (Phi) is 3.87. The van der Waals surface area contributed by atoms with Crippen LogP contribution in [0.4, 0.5) is 5.69 Å². The molecule has 2 N–H and O–H groups in total. The molecule has 1 fully saturated rings. The van der Waals surface area contributed by atoms with Gasteiger partial charge in [-0.3, -0.25) is 0 Å². The highest BCUT2D eigenvalue weighted by atomic mass is 35.5. The summed E-state index contributed by atoms with van der Waals surface area (Å²) in [6.07, 6.45) is 6.54. The number of nitrogen functional groups attached to an aromatic ring is 1. The van der Waals surface area contributed by atoms with E-state index in [-0.39, 0.29) is 0 Å². The lowest BCUT2D eigenvalue weighted by molar-refractivity contribution is 0.436. The van der Waals surface area contributed by atoms with E-state index in [9.17, 15) is 0 Å². The largest absolute Gasteiger partial charge is 0.398 e. The maximum atomic E-state index is 5.95. The summed E-state index contributed by atoms with van der Waals surface area (Å²) in [5, 5.41) is 12.5. The molecule has 6 heteroatoms. The quantitative estimate of drug-likeness (QED) is 0.879. The van der Waals surface area contributed by atoms with Crippen LogP contribution in [0.5, 0.6) is 0 Å². The first-order valence-corrected chi connectivity index (χ1v) is 7.43. The minimum Gasteiger partial charge on any atom is -0.398 e. The van der Waals surface area contributed by atoms with Gasteiger partial charge in [-0.25, -0.2) is 4.68 Å². The fraction of sp³-hybridized carbons (Fsp3) is 0.500. The zero-order chi connectivity index (χ0) is 13.9. The molecule has 1 aromatic heterocycles. The molecule has 0 bridgehead atoms. The lowest BCUT2D eigenvalue weighted by Crippen LogP contribution is -2.07. The van der Waals surface area contributed by atoms with E-state index in [0.717, 1.165) is 30.3 Å². The van der Waals surface area contributed by atoms with Crippen LogP contribution in [0.1, 0.15) is 32.1 Å². The van der Waals surface area contributed by atoms with Crippen molar-refractivity contribution >= 4 is 17.3 Å². The molecule has 5 nitrogen and oxygen atoms in total. The highest BCUT2D eigenvalue weighted by Crippen LogP contribution is 2.29.